The van der Waals surface area contributed by atoms with E-state index in [1.54, 1.807) is 0 Å². The Morgan fingerprint density at radius 2 is 2.08 bits per heavy atom. The first-order valence-electron chi connectivity index (χ1n) is 4.39. The van der Waals surface area contributed by atoms with Crippen molar-refractivity contribution in [3.05, 3.63) is 0 Å². The minimum atomic E-state index is 0.0723. The minimum Gasteiger partial charge on any atom is -0.298 e. The molecule has 1 saturated carbocycles. The lowest BCUT2D eigenvalue weighted by molar-refractivity contribution is -0.122. The van der Waals surface area contributed by atoms with Gasteiger partial charge in [-0.15, -0.1) is 11.2 Å². The third-order valence-corrected chi connectivity index (χ3v) is 5.80. The van der Waals surface area contributed by atoms with Gasteiger partial charge in [0, 0.05) is 12.2 Å². The van der Waals surface area contributed by atoms with Gasteiger partial charge in [0.05, 0.1) is 4.75 Å². The summed E-state index contributed by atoms with van der Waals surface area (Å²) in [5.41, 5.74) is 0. The molecular formula is C8H14ClOPS2. The normalized spacial score (nSPS) is 32.9. The first-order valence-corrected chi connectivity index (χ1v) is 8.46. The molecular weight excluding hydrogens is 243 g/mol. The van der Waals surface area contributed by atoms with Crippen LogP contribution in [0.4, 0.5) is 0 Å². The van der Waals surface area contributed by atoms with Gasteiger partial charge in [-0.1, -0.05) is 28.0 Å². The molecule has 0 aromatic carbocycles. The van der Waals surface area contributed by atoms with E-state index in [0.717, 1.165) is 25.7 Å². The maximum Gasteiger partial charge on any atom is 0.149 e. The summed E-state index contributed by atoms with van der Waals surface area (Å²) in [6, 6.07) is 0. The average Bonchev–Trinajstić information content (AvgIpc) is 2.64. The molecule has 0 aromatic rings. The highest BCUT2D eigenvalue weighted by molar-refractivity contribution is 8.77. The Balaban J connectivity index is 0.000000396. The molecule has 0 aromatic heterocycles. The van der Waals surface area contributed by atoms with E-state index >= 15 is 0 Å². The van der Waals surface area contributed by atoms with Crippen LogP contribution in [0.2, 0.25) is 0 Å². The number of carbonyl (C=O) groups excluding carboxylic acids is 1. The van der Waals surface area contributed by atoms with Crippen molar-refractivity contribution >= 4 is 47.2 Å². The second-order valence-electron chi connectivity index (χ2n) is 3.28. The number of carbonyl (C=O) groups is 1. The number of rotatable bonds is 0. The molecule has 2 fully saturated rings. The van der Waals surface area contributed by atoms with Crippen LogP contribution in [0.3, 0.4) is 0 Å². The summed E-state index contributed by atoms with van der Waals surface area (Å²) in [6.07, 6.45) is 5.50. The van der Waals surface area contributed by atoms with Crippen molar-refractivity contribution < 1.29 is 4.79 Å². The topological polar surface area (TPSA) is 17.1 Å². The molecule has 1 heterocycles. The van der Waals surface area contributed by atoms with Crippen LogP contribution in [0.25, 0.3) is 0 Å². The molecule has 1 spiro atoms. The van der Waals surface area contributed by atoms with Gasteiger partial charge in [0.25, 0.3) is 0 Å². The zero-order valence-electron chi connectivity index (χ0n) is 7.42. The highest BCUT2D eigenvalue weighted by atomic mass is 35.7. The Morgan fingerprint density at radius 1 is 1.31 bits per heavy atom. The standard InChI is InChI=1S/C8H12OS2.ClH2P/c9-7-3-1-2-4-8(7)5-6-10-11-8;1-2/h1-6H2;2H2. The SMILES string of the molecule is O=C1CCCCC12CCSS2.PCl. The zero-order chi connectivity index (χ0) is 9.73. The number of halogens is 1. The number of hydrogen-bond donors (Lipinski definition) is 0. The molecule has 1 aliphatic carbocycles. The number of ketones is 1. The van der Waals surface area contributed by atoms with E-state index < -0.39 is 0 Å². The van der Waals surface area contributed by atoms with E-state index in [2.05, 4.69) is 11.2 Å². The van der Waals surface area contributed by atoms with Crippen LogP contribution in [0, 0.1) is 0 Å². The van der Waals surface area contributed by atoms with Crippen molar-refractivity contribution in [1.82, 2.24) is 0 Å². The van der Waals surface area contributed by atoms with Crippen molar-refractivity contribution in [1.29, 1.82) is 0 Å². The summed E-state index contributed by atoms with van der Waals surface area (Å²) in [7, 11) is 5.61. The van der Waals surface area contributed by atoms with E-state index in [0.29, 0.717) is 5.78 Å². The fourth-order valence-corrected chi connectivity index (χ4v) is 5.25. The molecule has 0 N–H and O–H groups in total. The van der Waals surface area contributed by atoms with Crippen molar-refractivity contribution in [2.45, 2.75) is 36.9 Å². The van der Waals surface area contributed by atoms with Crippen LogP contribution < -0.4 is 0 Å². The van der Waals surface area contributed by atoms with Gasteiger partial charge in [0.2, 0.25) is 0 Å². The Bertz CT molecular complexity index is 183. The molecule has 2 rings (SSSR count). The van der Waals surface area contributed by atoms with E-state index in [-0.39, 0.29) is 4.75 Å². The lowest BCUT2D eigenvalue weighted by atomic mass is 9.85. The highest BCUT2D eigenvalue weighted by Crippen LogP contribution is 2.52. The smallest absolute Gasteiger partial charge is 0.149 e. The van der Waals surface area contributed by atoms with Gasteiger partial charge in [-0.05, 0) is 27.9 Å². The van der Waals surface area contributed by atoms with Gasteiger partial charge >= 0.3 is 0 Å². The number of Topliss-reactive ketones (excluding diaryl/α,β-unsaturated/α-hetero) is 1. The predicted molar refractivity (Wildman–Crippen MR) is 66.4 cm³/mol. The molecule has 13 heavy (non-hydrogen) atoms. The predicted octanol–water partition coefficient (Wildman–Crippen LogP) is 3.67. The van der Waals surface area contributed by atoms with Crippen LogP contribution in [0.1, 0.15) is 32.1 Å². The molecule has 0 amide bonds. The molecule has 2 aliphatic rings. The second kappa shape index (κ2) is 5.85. The first-order chi connectivity index (χ1) is 6.33. The quantitative estimate of drug-likeness (QED) is 0.486. The molecule has 0 radical (unpaired) electrons. The zero-order valence-corrected chi connectivity index (χ0v) is 11.0. The number of hydrogen-bond acceptors (Lipinski definition) is 3. The molecule has 2 atom stereocenters. The molecule has 1 nitrogen and oxygen atoms in total. The minimum absolute atomic E-state index is 0.0723. The van der Waals surface area contributed by atoms with E-state index in [1.807, 2.05) is 30.2 Å². The van der Waals surface area contributed by atoms with Crippen molar-refractivity contribution in [2.24, 2.45) is 0 Å². The van der Waals surface area contributed by atoms with E-state index in [9.17, 15) is 4.79 Å². The van der Waals surface area contributed by atoms with Gasteiger partial charge in [-0.3, -0.25) is 4.79 Å². The van der Waals surface area contributed by atoms with E-state index in [1.165, 1.54) is 12.2 Å². The van der Waals surface area contributed by atoms with Gasteiger partial charge in [-0.2, -0.15) is 0 Å². The first kappa shape index (κ1) is 12.2. The molecule has 2 unspecified atom stereocenters. The van der Waals surface area contributed by atoms with Crippen LogP contribution in [0.15, 0.2) is 0 Å². The third-order valence-electron chi connectivity index (χ3n) is 2.55. The fraction of sp³-hybridized carbons (Fsp3) is 0.875. The summed E-state index contributed by atoms with van der Waals surface area (Å²) in [6.45, 7) is 0. The van der Waals surface area contributed by atoms with Crippen molar-refractivity contribution in [3.63, 3.8) is 0 Å². The summed E-state index contributed by atoms with van der Waals surface area (Å²) in [4.78, 5) is 11.6. The maximum atomic E-state index is 11.6. The average molecular weight is 257 g/mol. The van der Waals surface area contributed by atoms with Crippen LogP contribution in [-0.4, -0.2) is 16.3 Å². The van der Waals surface area contributed by atoms with Gasteiger partial charge in [0.1, 0.15) is 5.78 Å². The lowest BCUT2D eigenvalue weighted by Gasteiger charge is -2.29. The van der Waals surface area contributed by atoms with Gasteiger partial charge < -0.3 is 0 Å². The Hall–Kier alpha value is 1.09. The van der Waals surface area contributed by atoms with Gasteiger partial charge in [0.15, 0.2) is 0 Å². The van der Waals surface area contributed by atoms with Crippen LogP contribution >= 0.6 is 41.4 Å². The Morgan fingerprint density at radius 3 is 2.62 bits per heavy atom. The molecule has 1 aliphatic heterocycles. The van der Waals surface area contributed by atoms with Crippen LogP contribution in [0.5, 0.6) is 0 Å². The van der Waals surface area contributed by atoms with E-state index in [4.69, 9.17) is 0 Å². The summed E-state index contributed by atoms with van der Waals surface area (Å²) in [5.74, 6) is 1.70. The fourth-order valence-electron chi connectivity index (χ4n) is 1.82. The van der Waals surface area contributed by atoms with Crippen molar-refractivity contribution in [2.75, 3.05) is 5.75 Å². The molecule has 5 heteroatoms. The summed E-state index contributed by atoms with van der Waals surface area (Å²) < 4.78 is 0.0723. The monoisotopic (exact) mass is 256 g/mol. The molecule has 0 bridgehead atoms. The highest BCUT2D eigenvalue weighted by Gasteiger charge is 2.43. The maximum absolute atomic E-state index is 11.6. The Kier molecular flexibility index (Phi) is 5.47. The summed E-state index contributed by atoms with van der Waals surface area (Å²) in [5, 5.41) is 0. The van der Waals surface area contributed by atoms with Crippen LogP contribution in [-0.2, 0) is 4.79 Å². The van der Waals surface area contributed by atoms with Crippen molar-refractivity contribution in [3.8, 4) is 0 Å². The largest absolute Gasteiger partial charge is 0.298 e. The summed E-state index contributed by atoms with van der Waals surface area (Å²) >= 11 is 4.56. The Labute approximate surface area is 94.5 Å². The molecule has 76 valence electrons. The van der Waals surface area contributed by atoms with Gasteiger partial charge in [-0.25, -0.2) is 0 Å². The third kappa shape index (κ3) is 2.77. The molecule has 1 saturated heterocycles. The second-order valence-corrected chi connectivity index (χ2v) is 6.08. The lowest BCUT2D eigenvalue weighted by Crippen LogP contribution is -2.35.